The summed E-state index contributed by atoms with van der Waals surface area (Å²) >= 11 is 0. The number of amides is 1. The van der Waals surface area contributed by atoms with Crippen molar-refractivity contribution in [3.8, 4) is 0 Å². The molecule has 0 spiro atoms. The lowest BCUT2D eigenvalue weighted by atomic mass is 10.0. The van der Waals surface area contributed by atoms with Crippen molar-refractivity contribution in [2.45, 2.75) is 32.2 Å². The van der Waals surface area contributed by atoms with Crippen molar-refractivity contribution in [3.63, 3.8) is 0 Å². The Kier molecular flexibility index (Phi) is 6.13. The fourth-order valence-electron chi connectivity index (χ4n) is 3.43. The van der Waals surface area contributed by atoms with E-state index in [1.807, 2.05) is 42.5 Å². The number of carbonyl (C=O) groups excluding carboxylic acids is 1. The first-order valence-corrected chi connectivity index (χ1v) is 10.1. The Hall–Kier alpha value is -3.54. The quantitative estimate of drug-likeness (QED) is 0.424. The van der Waals surface area contributed by atoms with E-state index in [0.29, 0.717) is 5.56 Å². The van der Waals surface area contributed by atoms with Crippen LogP contribution < -0.4 is 5.32 Å². The van der Waals surface area contributed by atoms with Crippen molar-refractivity contribution in [1.82, 2.24) is 20.3 Å². The minimum atomic E-state index is -0.420. The lowest BCUT2D eigenvalue weighted by Crippen LogP contribution is -2.24. The summed E-state index contributed by atoms with van der Waals surface area (Å²) in [5.41, 5.74) is 3.97. The van der Waals surface area contributed by atoms with Crippen molar-refractivity contribution >= 4 is 16.9 Å². The monoisotopic (exact) mass is 402 g/mol. The molecule has 2 aromatic carbocycles. The second kappa shape index (κ2) is 9.31. The molecule has 0 aliphatic rings. The molecule has 0 bridgehead atoms. The van der Waals surface area contributed by atoms with E-state index >= 15 is 0 Å². The van der Waals surface area contributed by atoms with E-state index < -0.39 is 5.82 Å². The number of unbranched alkanes of at least 4 members (excludes halogenated alkanes) is 1. The molecule has 0 saturated heterocycles. The predicted molar refractivity (Wildman–Crippen MR) is 115 cm³/mol. The number of para-hydroxylation sites is 2. The van der Waals surface area contributed by atoms with E-state index in [1.165, 1.54) is 18.3 Å². The zero-order valence-corrected chi connectivity index (χ0v) is 16.6. The van der Waals surface area contributed by atoms with Gasteiger partial charge in [-0.05, 0) is 61.2 Å². The Morgan fingerprint density at radius 3 is 2.73 bits per heavy atom. The van der Waals surface area contributed by atoms with Crippen molar-refractivity contribution in [2.75, 3.05) is 0 Å². The highest BCUT2D eigenvalue weighted by Gasteiger charge is 2.09. The van der Waals surface area contributed by atoms with E-state index in [4.69, 9.17) is 0 Å². The third-order valence-electron chi connectivity index (χ3n) is 5.01. The number of nitrogens with one attached hydrogen (secondary N) is 2. The number of hydrogen-bond acceptors (Lipinski definition) is 3. The Morgan fingerprint density at radius 1 is 1.00 bits per heavy atom. The highest BCUT2D eigenvalue weighted by molar-refractivity contribution is 5.94. The second-order valence-electron chi connectivity index (χ2n) is 7.22. The van der Waals surface area contributed by atoms with E-state index in [2.05, 4.69) is 20.3 Å². The number of fused-ring (bicyclic) bond motifs is 1. The van der Waals surface area contributed by atoms with Crippen LogP contribution in [0.5, 0.6) is 0 Å². The highest BCUT2D eigenvalue weighted by Crippen LogP contribution is 2.14. The molecule has 0 unspecified atom stereocenters. The molecule has 2 N–H and O–H groups in total. The zero-order valence-electron chi connectivity index (χ0n) is 16.6. The number of pyridine rings is 1. The van der Waals surface area contributed by atoms with E-state index in [-0.39, 0.29) is 18.1 Å². The fourth-order valence-corrected chi connectivity index (χ4v) is 3.43. The van der Waals surface area contributed by atoms with Crippen LogP contribution in [-0.4, -0.2) is 20.9 Å². The van der Waals surface area contributed by atoms with Crippen LogP contribution >= 0.6 is 0 Å². The maximum Gasteiger partial charge on any atom is 0.251 e. The fraction of sp³-hybridized carbons (Fsp3) is 0.208. The smallest absolute Gasteiger partial charge is 0.251 e. The molecule has 2 heterocycles. The molecular weight excluding hydrogens is 379 g/mol. The maximum absolute atomic E-state index is 13.6. The molecule has 0 aliphatic carbocycles. The molecule has 4 rings (SSSR count). The summed E-state index contributed by atoms with van der Waals surface area (Å²) in [5, 5.41) is 2.73. The van der Waals surface area contributed by atoms with Gasteiger partial charge in [0.05, 0.1) is 23.3 Å². The molecule has 4 aromatic rings. The Morgan fingerprint density at radius 2 is 1.87 bits per heavy atom. The molecule has 0 atom stereocenters. The van der Waals surface area contributed by atoms with Gasteiger partial charge in [-0.25, -0.2) is 9.37 Å². The number of aryl methyl sites for hydroxylation is 2. The number of nitrogens with zero attached hydrogens (tertiary/aromatic N) is 2. The molecule has 0 aliphatic heterocycles. The van der Waals surface area contributed by atoms with Gasteiger partial charge in [-0.2, -0.15) is 0 Å². The third kappa shape index (κ3) is 4.89. The first-order chi connectivity index (χ1) is 14.7. The number of imidazole rings is 1. The summed E-state index contributed by atoms with van der Waals surface area (Å²) in [6.07, 6.45) is 5.30. The SMILES string of the molecule is O=C(NCc1ncccc1F)c1cccc(CCCCc2nc3ccccc3[nH]2)c1. The lowest BCUT2D eigenvalue weighted by molar-refractivity contribution is 0.0950. The van der Waals surface area contributed by atoms with Crippen LogP contribution in [0, 0.1) is 5.82 Å². The van der Waals surface area contributed by atoms with Crippen LogP contribution in [0.4, 0.5) is 4.39 Å². The van der Waals surface area contributed by atoms with Gasteiger partial charge in [0, 0.05) is 18.2 Å². The van der Waals surface area contributed by atoms with E-state index in [9.17, 15) is 9.18 Å². The number of carbonyl (C=O) groups is 1. The van der Waals surface area contributed by atoms with Crippen LogP contribution in [0.1, 0.15) is 40.3 Å². The second-order valence-corrected chi connectivity index (χ2v) is 7.22. The summed E-state index contributed by atoms with van der Waals surface area (Å²) in [6.45, 7) is 0.0627. The van der Waals surface area contributed by atoms with Crippen LogP contribution in [0.2, 0.25) is 0 Å². The highest BCUT2D eigenvalue weighted by atomic mass is 19.1. The average molecular weight is 402 g/mol. The number of aromatic nitrogens is 3. The van der Waals surface area contributed by atoms with E-state index in [0.717, 1.165) is 48.1 Å². The van der Waals surface area contributed by atoms with Crippen molar-refractivity contribution in [2.24, 2.45) is 0 Å². The van der Waals surface area contributed by atoms with Crippen molar-refractivity contribution in [3.05, 3.63) is 95.3 Å². The molecule has 0 fully saturated rings. The summed E-state index contributed by atoms with van der Waals surface area (Å²) in [7, 11) is 0. The van der Waals surface area contributed by atoms with E-state index in [1.54, 1.807) is 6.07 Å². The molecular formula is C24H23FN4O. The molecule has 2 aromatic heterocycles. The largest absolute Gasteiger partial charge is 0.346 e. The maximum atomic E-state index is 13.6. The van der Waals surface area contributed by atoms with Gasteiger partial charge in [0.1, 0.15) is 11.6 Å². The molecule has 0 saturated carbocycles. The van der Waals surface area contributed by atoms with Gasteiger partial charge < -0.3 is 10.3 Å². The number of aromatic amines is 1. The first kappa shape index (κ1) is 19.8. The standard InChI is InChI=1S/C24H23FN4O/c25-19-10-6-14-26-22(19)16-27-24(30)18-9-5-8-17(15-18)7-1-4-13-23-28-20-11-2-3-12-21(20)29-23/h2-3,5-6,8-12,14-15H,1,4,7,13,16H2,(H,27,30)(H,28,29). The Bertz CT molecular complexity index is 1120. The first-order valence-electron chi connectivity index (χ1n) is 10.1. The van der Waals surface area contributed by atoms with Crippen LogP contribution in [0.15, 0.2) is 66.9 Å². The van der Waals surface area contributed by atoms with Gasteiger partial charge in [-0.1, -0.05) is 24.3 Å². The van der Waals surface area contributed by atoms with Crippen LogP contribution in [0.25, 0.3) is 11.0 Å². The van der Waals surface area contributed by atoms with Gasteiger partial charge in [0.25, 0.3) is 5.91 Å². The van der Waals surface area contributed by atoms with Crippen LogP contribution in [-0.2, 0) is 19.4 Å². The molecule has 152 valence electrons. The van der Waals surface area contributed by atoms with Gasteiger partial charge in [-0.3, -0.25) is 9.78 Å². The minimum Gasteiger partial charge on any atom is -0.346 e. The molecule has 0 radical (unpaired) electrons. The zero-order chi connectivity index (χ0) is 20.8. The molecule has 6 heteroatoms. The van der Waals surface area contributed by atoms with Gasteiger partial charge in [-0.15, -0.1) is 0 Å². The van der Waals surface area contributed by atoms with Gasteiger partial charge in [0.15, 0.2) is 0 Å². The van der Waals surface area contributed by atoms with Crippen LogP contribution in [0.3, 0.4) is 0 Å². The number of rotatable bonds is 8. The summed E-state index contributed by atoms with van der Waals surface area (Å²) in [6, 6.07) is 18.5. The summed E-state index contributed by atoms with van der Waals surface area (Å²) in [4.78, 5) is 24.3. The molecule has 5 nitrogen and oxygen atoms in total. The van der Waals surface area contributed by atoms with Crippen molar-refractivity contribution < 1.29 is 9.18 Å². The van der Waals surface area contributed by atoms with Gasteiger partial charge >= 0.3 is 0 Å². The summed E-state index contributed by atoms with van der Waals surface area (Å²) < 4.78 is 13.6. The molecule has 30 heavy (non-hydrogen) atoms. The Labute approximate surface area is 174 Å². The van der Waals surface area contributed by atoms with Gasteiger partial charge in [0.2, 0.25) is 0 Å². The average Bonchev–Trinajstić information content (AvgIpc) is 3.19. The number of benzene rings is 2. The third-order valence-corrected chi connectivity index (χ3v) is 5.01. The normalized spacial score (nSPS) is 11.0. The van der Waals surface area contributed by atoms with Crippen molar-refractivity contribution in [1.29, 1.82) is 0 Å². The minimum absolute atomic E-state index is 0.0627. The Balaban J connectivity index is 1.27. The summed E-state index contributed by atoms with van der Waals surface area (Å²) in [5.74, 6) is 0.353. The number of hydrogen-bond donors (Lipinski definition) is 2. The number of halogens is 1. The predicted octanol–water partition coefficient (Wildman–Crippen LogP) is 4.59. The lowest BCUT2D eigenvalue weighted by Gasteiger charge is -2.07. The molecule has 1 amide bonds. The number of H-pyrrole nitrogens is 1. The topological polar surface area (TPSA) is 70.7 Å².